The summed E-state index contributed by atoms with van der Waals surface area (Å²) in [5.41, 5.74) is 0.639. The van der Waals surface area contributed by atoms with E-state index in [1.807, 2.05) is 0 Å². The van der Waals surface area contributed by atoms with Crippen molar-refractivity contribution in [1.82, 2.24) is 4.90 Å². The maximum atomic E-state index is 11.8. The van der Waals surface area contributed by atoms with Crippen LogP contribution < -0.4 is 5.32 Å². The molecule has 19 heavy (non-hydrogen) atoms. The van der Waals surface area contributed by atoms with E-state index in [0.29, 0.717) is 12.2 Å². The fourth-order valence-electron chi connectivity index (χ4n) is 1.72. The summed E-state index contributed by atoms with van der Waals surface area (Å²) in [6.45, 7) is 2.01. The Morgan fingerprint density at radius 1 is 1.26 bits per heavy atom. The molecule has 2 rings (SSSR count). The minimum Gasteiger partial charge on any atom is -0.351 e. The fraction of sp³-hybridized carbons (Fsp3) is 0.167. The van der Waals surface area contributed by atoms with E-state index in [-0.39, 0.29) is 17.3 Å². The molecule has 0 aliphatic carbocycles. The first-order valence-corrected chi connectivity index (χ1v) is 5.62. The van der Waals surface area contributed by atoms with Crippen LogP contribution >= 0.6 is 0 Å². The number of rotatable bonds is 4. The number of non-ortho nitro benzene ring substituents is 1. The SMILES string of the molecule is CCN1C(=O)C=C(Nc2ccc([N+](=O)[O-])cc2)C1=O. The summed E-state index contributed by atoms with van der Waals surface area (Å²) in [7, 11) is 0. The van der Waals surface area contributed by atoms with Gasteiger partial charge in [-0.15, -0.1) is 0 Å². The summed E-state index contributed by atoms with van der Waals surface area (Å²) in [6.07, 6.45) is 1.22. The number of nitro benzene ring substituents is 1. The third-order valence-corrected chi connectivity index (χ3v) is 2.68. The number of carbonyl (C=O) groups is 2. The van der Waals surface area contributed by atoms with Gasteiger partial charge in [-0.05, 0) is 19.1 Å². The predicted molar refractivity (Wildman–Crippen MR) is 67.2 cm³/mol. The Bertz CT molecular complexity index is 577. The summed E-state index contributed by atoms with van der Waals surface area (Å²) >= 11 is 0. The Balaban J connectivity index is 2.14. The second-order valence-corrected chi connectivity index (χ2v) is 3.87. The maximum Gasteiger partial charge on any atom is 0.277 e. The molecule has 1 heterocycles. The number of nitrogens with one attached hydrogen (secondary N) is 1. The fourth-order valence-corrected chi connectivity index (χ4v) is 1.72. The number of nitrogens with zero attached hydrogens (tertiary/aromatic N) is 2. The zero-order valence-corrected chi connectivity index (χ0v) is 10.1. The summed E-state index contributed by atoms with van der Waals surface area (Å²) in [5.74, 6) is -0.761. The quantitative estimate of drug-likeness (QED) is 0.500. The Morgan fingerprint density at radius 3 is 2.37 bits per heavy atom. The molecule has 7 heteroatoms. The highest BCUT2D eigenvalue weighted by molar-refractivity contribution is 6.17. The van der Waals surface area contributed by atoms with Crippen molar-refractivity contribution < 1.29 is 14.5 Å². The van der Waals surface area contributed by atoms with Gasteiger partial charge >= 0.3 is 0 Å². The molecule has 0 unspecified atom stereocenters. The Kier molecular flexibility index (Phi) is 3.28. The van der Waals surface area contributed by atoms with Gasteiger partial charge in [-0.3, -0.25) is 24.6 Å². The first-order valence-electron chi connectivity index (χ1n) is 5.62. The zero-order valence-electron chi connectivity index (χ0n) is 10.1. The van der Waals surface area contributed by atoms with Crippen molar-refractivity contribution >= 4 is 23.2 Å². The van der Waals surface area contributed by atoms with E-state index < -0.39 is 10.8 Å². The lowest BCUT2D eigenvalue weighted by molar-refractivity contribution is -0.384. The number of benzene rings is 1. The molecular weight excluding hydrogens is 250 g/mol. The van der Waals surface area contributed by atoms with Crippen LogP contribution in [-0.4, -0.2) is 28.2 Å². The highest BCUT2D eigenvalue weighted by atomic mass is 16.6. The van der Waals surface area contributed by atoms with Crippen LogP contribution in [0.1, 0.15) is 6.92 Å². The lowest BCUT2D eigenvalue weighted by Crippen LogP contribution is -2.31. The molecule has 1 aliphatic heterocycles. The molecule has 2 amide bonds. The van der Waals surface area contributed by atoms with Crippen LogP contribution in [0.15, 0.2) is 36.0 Å². The van der Waals surface area contributed by atoms with Crippen LogP contribution in [0.3, 0.4) is 0 Å². The van der Waals surface area contributed by atoms with Gasteiger partial charge in [-0.2, -0.15) is 0 Å². The van der Waals surface area contributed by atoms with Gasteiger partial charge in [0.25, 0.3) is 17.5 Å². The molecule has 0 aromatic heterocycles. The van der Waals surface area contributed by atoms with Crippen LogP contribution in [0.5, 0.6) is 0 Å². The van der Waals surface area contributed by atoms with E-state index in [2.05, 4.69) is 5.32 Å². The van der Waals surface area contributed by atoms with Crippen molar-refractivity contribution in [3.63, 3.8) is 0 Å². The highest BCUT2D eigenvalue weighted by Crippen LogP contribution is 2.19. The molecule has 1 aromatic rings. The Morgan fingerprint density at radius 2 is 1.89 bits per heavy atom. The van der Waals surface area contributed by atoms with Gasteiger partial charge in [0.05, 0.1) is 4.92 Å². The van der Waals surface area contributed by atoms with Gasteiger partial charge in [0, 0.05) is 30.4 Å². The van der Waals surface area contributed by atoms with Crippen molar-refractivity contribution in [3.8, 4) is 0 Å². The van der Waals surface area contributed by atoms with Crippen LogP contribution in [-0.2, 0) is 9.59 Å². The van der Waals surface area contributed by atoms with Gasteiger partial charge in [0.15, 0.2) is 0 Å². The third-order valence-electron chi connectivity index (χ3n) is 2.68. The molecule has 0 radical (unpaired) electrons. The second-order valence-electron chi connectivity index (χ2n) is 3.87. The number of hydrogen-bond donors (Lipinski definition) is 1. The van der Waals surface area contributed by atoms with Gasteiger partial charge in [-0.1, -0.05) is 0 Å². The van der Waals surface area contributed by atoms with Crippen molar-refractivity contribution in [3.05, 3.63) is 46.2 Å². The number of imide groups is 1. The van der Waals surface area contributed by atoms with Gasteiger partial charge in [-0.25, -0.2) is 0 Å². The number of anilines is 1. The Labute approximate surface area is 108 Å². The van der Waals surface area contributed by atoms with Crippen molar-refractivity contribution in [1.29, 1.82) is 0 Å². The number of nitro groups is 1. The van der Waals surface area contributed by atoms with Crippen molar-refractivity contribution in [2.45, 2.75) is 6.92 Å². The Hall–Kier alpha value is -2.70. The number of amides is 2. The number of likely N-dealkylation sites (N-methyl/N-ethyl adjacent to an activating group) is 1. The average molecular weight is 261 g/mol. The summed E-state index contributed by atoms with van der Waals surface area (Å²) in [6, 6.07) is 5.60. The smallest absolute Gasteiger partial charge is 0.277 e. The third kappa shape index (κ3) is 2.44. The largest absolute Gasteiger partial charge is 0.351 e. The molecule has 1 aromatic carbocycles. The molecule has 0 atom stereocenters. The van der Waals surface area contributed by atoms with Crippen LogP contribution in [0.2, 0.25) is 0 Å². The van der Waals surface area contributed by atoms with E-state index >= 15 is 0 Å². The molecule has 0 fully saturated rings. The molecule has 1 N–H and O–H groups in total. The first-order chi connectivity index (χ1) is 9.02. The van der Waals surface area contributed by atoms with Gasteiger partial charge in [0.2, 0.25) is 0 Å². The molecule has 0 bridgehead atoms. The number of hydrogen-bond acceptors (Lipinski definition) is 5. The molecule has 98 valence electrons. The number of carbonyl (C=O) groups excluding carboxylic acids is 2. The molecule has 0 saturated carbocycles. The lowest BCUT2D eigenvalue weighted by atomic mass is 10.2. The minimum absolute atomic E-state index is 0.0384. The average Bonchev–Trinajstić information content (AvgIpc) is 2.64. The monoisotopic (exact) mass is 261 g/mol. The normalized spacial score (nSPS) is 14.6. The molecule has 0 spiro atoms. The summed E-state index contributed by atoms with van der Waals surface area (Å²) in [4.78, 5) is 34.4. The minimum atomic E-state index is -0.508. The highest BCUT2D eigenvalue weighted by Gasteiger charge is 2.29. The summed E-state index contributed by atoms with van der Waals surface area (Å²) < 4.78 is 0. The van der Waals surface area contributed by atoms with Crippen molar-refractivity contribution in [2.24, 2.45) is 0 Å². The molecular formula is C12H11N3O4. The van der Waals surface area contributed by atoms with Crippen molar-refractivity contribution in [2.75, 3.05) is 11.9 Å². The van der Waals surface area contributed by atoms with Crippen LogP contribution in [0.4, 0.5) is 11.4 Å². The standard InChI is InChI=1S/C12H11N3O4/c1-2-14-11(16)7-10(12(14)17)13-8-3-5-9(6-4-8)15(18)19/h3-7,13H,2H2,1H3. The lowest BCUT2D eigenvalue weighted by Gasteiger charge is -2.12. The van der Waals surface area contributed by atoms with E-state index in [1.54, 1.807) is 6.92 Å². The van der Waals surface area contributed by atoms with Crippen LogP contribution in [0.25, 0.3) is 0 Å². The predicted octanol–water partition coefficient (Wildman–Crippen LogP) is 1.28. The molecule has 7 nitrogen and oxygen atoms in total. The summed E-state index contributed by atoms with van der Waals surface area (Å²) in [5, 5.41) is 13.3. The van der Waals surface area contributed by atoms with E-state index in [9.17, 15) is 19.7 Å². The van der Waals surface area contributed by atoms with E-state index in [0.717, 1.165) is 4.90 Å². The van der Waals surface area contributed by atoms with Crippen LogP contribution in [0, 0.1) is 10.1 Å². The van der Waals surface area contributed by atoms with E-state index in [1.165, 1.54) is 30.3 Å². The molecule has 1 aliphatic rings. The first kappa shape index (κ1) is 12.7. The maximum absolute atomic E-state index is 11.8. The second kappa shape index (κ2) is 4.89. The van der Waals surface area contributed by atoms with E-state index in [4.69, 9.17) is 0 Å². The van der Waals surface area contributed by atoms with Gasteiger partial charge < -0.3 is 5.32 Å². The topological polar surface area (TPSA) is 92.6 Å². The zero-order chi connectivity index (χ0) is 14.0. The molecule has 0 saturated heterocycles. The van der Waals surface area contributed by atoms with Gasteiger partial charge in [0.1, 0.15) is 5.70 Å².